The van der Waals surface area contributed by atoms with Gasteiger partial charge in [-0.05, 0) is 20.8 Å². The Balaban J connectivity index is 2.43. The minimum atomic E-state index is 0.0592. The number of ether oxygens (including phenoxy) is 1. The third-order valence-electron chi connectivity index (χ3n) is 3.61. The van der Waals surface area contributed by atoms with Gasteiger partial charge in [0.05, 0.1) is 19.8 Å². The van der Waals surface area contributed by atoms with Gasteiger partial charge < -0.3 is 15.4 Å². The molecule has 0 atom stereocenters. The molecule has 0 unspecified atom stereocenters. The first-order valence-corrected chi connectivity index (χ1v) is 9.29. The van der Waals surface area contributed by atoms with Gasteiger partial charge in [-0.25, -0.2) is 0 Å². The number of hydrogen-bond donors (Lipinski definition) is 2. The van der Waals surface area contributed by atoms with Crippen molar-refractivity contribution in [3.63, 3.8) is 0 Å². The van der Waals surface area contributed by atoms with Gasteiger partial charge in [0.1, 0.15) is 0 Å². The maximum atomic E-state index is 5.43. The number of guanidine groups is 1. The largest absolute Gasteiger partial charge is 0.379 e. The summed E-state index contributed by atoms with van der Waals surface area (Å²) in [7, 11) is 0. The second kappa shape index (κ2) is 10.9. The molecule has 1 saturated heterocycles. The average molecular weight is 329 g/mol. The van der Waals surface area contributed by atoms with E-state index in [1.165, 1.54) is 0 Å². The zero-order chi connectivity index (χ0) is 16.3. The quantitative estimate of drug-likeness (QED) is 0.291. The number of hydrogen-bond acceptors (Lipinski definition) is 4. The van der Waals surface area contributed by atoms with Crippen molar-refractivity contribution >= 4 is 17.7 Å². The molecule has 0 amide bonds. The van der Waals surface area contributed by atoms with E-state index in [1.807, 2.05) is 17.8 Å². The van der Waals surface area contributed by atoms with Crippen LogP contribution in [0.3, 0.4) is 0 Å². The van der Waals surface area contributed by atoms with E-state index in [0.29, 0.717) is 0 Å². The molecule has 0 aromatic carbocycles. The summed E-state index contributed by atoms with van der Waals surface area (Å²) >= 11 is 1.87. The first-order chi connectivity index (χ1) is 10.6. The lowest BCUT2D eigenvalue weighted by Gasteiger charge is -2.39. The smallest absolute Gasteiger partial charge is 0.191 e. The van der Waals surface area contributed by atoms with Crippen LogP contribution in [0.15, 0.2) is 17.6 Å². The maximum absolute atomic E-state index is 5.43. The number of aliphatic imine (C=N–C) groups is 1. The zero-order valence-electron chi connectivity index (χ0n) is 14.4. The lowest BCUT2D eigenvalue weighted by atomic mass is 10.0. The molecule has 2 N–H and O–H groups in total. The van der Waals surface area contributed by atoms with Crippen LogP contribution < -0.4 is 10.6 Å². The molecule has 0 radical (unpaired) electrons. The van der Waals surface area contributed by atoms with Gasteiger partial charge in [-0.15, -0.1) is 6.58 Å². The van der Waals surface area contributed by atoms with Gasteiger partial charge in [-0.3, -0.25) is 9.89 Å². The van der Waals surface area contributed by atoms with Crippen molar-refractivity contribution in [2.75, 3.05) is 57.4 Å². The van der Waals surface area contributed by atoms with E-state index in [2.05, 4.69) is 42.9 Å². The number of nitrogens with one attached hydrogen (secondary N) is 2. The Morgan fingerprint density at radius 1 is 1.36 bits per heavy atom. The highest BCUT2D eigenvalue weighted by Gasteiger charge is 2.27. The molecule has 0 bridgehead atoms. The number of thioether (sulfide) groups is 1. The molecule has 128 valence electrons. The van der Waals surface area contributed by atoms with Crippen molar-refractivity contribution in [3.8, 4) is 0 Å². The fourth-order valence-electron chi connectivity index (χ4n) is 2.29. The molecule has 1 aliphatic rings. The standard InChI is InChI=1S/C16H32N4OS/c1-5-12-22-13-7-18-15(17-6-2)19-14-16(3,4)20-8-10-21-11-9-20/h5H,1,6-14H2,2-4H3,(H2,17,18,19). The molecule has 1 fully saturated rings. The van der Waals surface area contributed by atoms with Crippen molar-refractivity contribution in [1.82, 2.24) is 15.5 Å². The van der Waals surface area contributed by atoms with Gasteiger partial charge in [0.15, 0.2) is 5.96 Å². The minimum absolute atomic E-state index is 0.0592. The molecule has 6 heteroatoms. The minimum Gasteiger partial charge on any atom is -0.379 e. The summed E-state index contributed by atoms with van der Waals surface area (Å²) in [5.74, 6) is 2.96. The highest BCUT2D eigenvalue weighted by atomic mass is 32.2. The second-order valence-corrected chi connectivity index (χ2v) is 7.05. The Bertz CT molecular complexity index is 341. The fourth-order valence-corrected chi connectivity index (χ4v) is 2.87. The van der Waals surface area contributed by atoms with Gasteiger partial charge in [-0.2, -0.15) is 11.8 Å². The van der Waals surface area contributed by atoms with E-state index >= 15 is 0 Å². The third-order valence-corrected chi connectivity index (χ3v) is 4.57. The molecule has 1 rings (SSSR count). The van der Waals surface area contributed by atoms with Crippen LogP contribution in [0.2, 0.25) is 0 Å². The van der Waals surface area contributed by atoms with Crippen molar-refractivity contribution in [2.24, 2.45) is 4.99 Å². The monoisotopic (exact) mass is 328 g/mol. The molecule has 1 heterocycles. The van der Waals surface area contributed by atoms with Gasteiger partial charge >= 0.3 is 0 Å². The Labute approximate surface area is 140 Å². The molecule has 0 aliphatic carbocycles. The zero-order valence-corrected chi connectivity index (χ0v) is 15.2. The van der Waals surface area contributed by atoms with E-state index in [9.17, 15) is 0 Å². The highest BCUT2D eigenvalue weighted by Crippen LogP contribution is 2.16. The molecule has 0 saturated carbocycles. The summed E-state index contributed by atoms with van der Waals surface area (Å²) < 4.78 is 5.43. The molecular formula is C16H32N4OS. The summed E-state index contributed by atoms with van der Waals surface area (Å²) in [5, 5.41) is 6.71. The molecule has 0 aromatic rings. The summed E-state index contributed by atoms with van der Waals surface area (Å²) in [6.07, 6.45) is 1.94. The van der Waals surface area contributed by atoms with Gasteiger partial charge in [0, 0.05) is 43.2 Å². The van der Waals surface area contributed by atoms with Crippen molar-refractivity contribution in [3.05, 3.63) is 12.7 Å². The van der Waals surface area contributed by atoms with E-state index in [-0.39, 0.29) is 5.54 Å². The Hall–Kier alpha value is -0.720. The van der Waals surface area contributed by atoms with E-state index in [1.54, 1.807) is 0 Å². The van der Waals surface area contributed by atoms with Crippen molar-refractivity contribution in [1.29, 1.82) is 0 Å². The van der Waals surface area contributed by atoms with Crippen LogP contribution in [0.4, 0.5) is 0 Å². The lowest BCUT2D eigenvalue weighted by molar-refractivity contribution is -0.00683. The van der Waals surface area contributed by atoms with Crippen molar-refractivity contribution in [2.45, 2.75) is 26.3 Å². The molecule has 0 aromatic heterocycles. The summed E-state index contributed by atoms with van der Waals surface area (Å²) in [5.41, 5.74) is 0.0592. The average Bonchev–Trinajstić information content (AvgIpc) is 2.53. The Morgan fingerprint density at radius 3 is 2.73 bits per heavy atom. The SMILES string of the molecule is C=CCSCCNC(=NCC(C)(C)N1CCOCC1)NCC. The molecular weight excluding hydrogens is 296 g/mol. The van der Waals surface area contributed by atoms with Crippen LogP contribution >= 0.6 is 11.8 Å². The molecule has 0 spiro atoms. The van der Waals surface area contributed by atoms with Crippen LogP contribution in [0.25, 0.3) is 0 Å². The van der Waals surface area contributed by atoms with Crippen LogP contribution in [0.5, 0.6) is 0 Å². The van der Waals surface area contributed by atoms with Gasteiger partial charge in [0.25, 0.3) is 0 Å². The third kappa shape index (κ3) is 7.51. The topological polar surface area (TPSA) is 48.9 Å². The highest BCUT2D eigenvalue weighted by molar-refractivity contribution is 7.99. The molecule has 5 nitrogen and oxygen atoms in total. The van der Waals surface area contributed by atoms with Crippen molar-refractivity contribution < 1.29 is 4.74 Å². The summed E-state index contributed by atoms with van der Waals surface area (Å²) in [6.45, 7) is 16.5. The lowest BCUT2D eigenvalue weighted by Crippen LogP contribution is -2.52. The van der Waals surface area contributed by atoms with Gasteiger partial charge in [0.2, 0.25) is 0 Å². The first-order valence-electron chi connectivity index (χ1n) is 8.13. The summed E-state index contributed by atoms with van der Waals surface area (Å²) in [4.78, 5) is 7.22. The normalized spacial score (nSPS) is 17.3. The summed E-state index contributed by atoms with van der Waals surface area (Å²) in [6, 6.07) is 0. The van der Waals surface area contributed by atoms with Crippen LogP contribution in [0, 0.1) is 0 Å². The first kappa shape index (κ1) is 19.3. The Morgan fingerprint density at radius 2 is 2.09 bits per heavy atom. The number of rotatable bonds is 9. The predicted molar refractivity (Wildman–Crippen MR) is 98.0 cm³/mol. The fraction of sp³-hybridized carbons (Fsp3) is 0.812. The van der Waals surface area contributed by atoms with Crippen LogP contribution in [-0.4, -0.2) is 73.8 Å². The predicted octanol–water partition coefficient (Wildman–Crippen LogP) is 1.57. The molecule has 22 heavy (non-hydrogen) atoms. The van der Waals surface area contributed by atoms with E-state index in [0.717, 1.165) is 63.4 Å². The van der Waals surface area contributed by atoms with E-state index in [4.69, 9.17) is 9.73 Å². The van der Waals surface area contributed by atoms with E-state index < -0.39 is 0 Å². The number of nitrogens with zero attached hydrogens (tertiary/aromatic N) is 2. The van der Waals surface area contributed by atoms with Crippen LogP contribution in [-0.2, 0) is 4.74 Å². The van der Waals surface area contributed by atoms with Crippen LogP contribution in [0.1, 0.15) is 20.8 Å². The second-order valence-electron chi connectivity index (χ2n) is 5.90. The Kier molecular flexibility index (Phi) is 9.59. The van der Waals surface area contributed by atoms with Gasteiger partial charge in [-0.1, -0.05) is 6.08 Å². The molecule has 1 aliphatic heterocycles. The number of morpholine rings is 1. The maximum Gasteiger partial charge on any atom is 0.191 e.